The number of carbonyl (C=O) groups excluding carboxylic acids is 1. The Morgan fingerprint density at radius 3 is 2.28 bits per heavy atom. The number of fused-ring (bicyclic) bond motifs is 1. The van der Waals surface area contributed by atoms with Gasteiger partial charge in [-0.1, -0.05) is 30.3 Å². The van der Waals surface area contributed by atoms with Crippen LogP contribution < -0.4 is 35.5 Å². The molecule has 0 spiro atoms. The van der Waals surface area contributed by atoms with Crippen molar-refractivity contribution in [2.24, 2.45) is 0 Å². The number of carbonyl (C=O) groups is 1. The molecule has 50 heavy (non-hydrogen) atoms. The molecular weight excluding hydrogens is 647 g/mol. The maximum atomic E-state index is 13.7. The number of hydrogen-bond donors (Lipinski definition) is 1. The van der Waals surface area contributed by atoms with Crippen LogP contribution in [0.25, 0.3) is 16.6 Å². The van der Waals surface area contributed by atoms with E-state index in [1.807, 2.05) is 30.3 Å². The Labute approximate surface area is 284 Å². The summed E-state index contributed by atoms with van der Waals surface area (Å²) in [5.41, 5.74) is 0.416. The van der Waals surface area contributed by atoms with Gasteiger partial charge < -0.3 is 23.7 Å². The number of halogens is 1. The van der Waals surface area contributed by atoms with E-state index in [1.165, 1.54) is 16.7 Å². The molecule has 13 heteroatoms. The fourth-order valence-electron chi connectivity index (χ4n) is 5.07. The van der Waals surface area contributed by atoms with Crippen LogP contribution in [-0.2, 0) is 17.9 Å². The summed E-state index contributed by atoms with van der Waals surface area (Å²) in [4.78, 5) is 44.1. The Morgan fingerprint density at radius 1 is 0.840 bits per heavy atom. The highest BCUT2D eigenvalue weighted by Gasteiger charge is 2.18. The van der Waals surface area contributed by atoms with Crippen molar-refractivity contribution in [2.45, 2.75) is 13.2 Å². The van der Waals surface area contributed by atoms with Gasteiger partial charge in [-0.3, -0.25) is 19.7 Å². The molecule has 0 aliphatic carbocycles. The summed E-state index contributed by atoms with van der Waals surface area (Å²) in [7, 11) is 3.08. The van der Waals surface area contributed by atoms with Crippen LogP contribution in [0.15, 0.2) is 119 Å². The van der Waals surface area contributed by atoms with E-state index in [9.17, 15) is 18.8 Å². The Balaban J connectivity index is 1.18. The van der Waals surface area contributed by atoms with Gasteiger partial charge in [-0.05, 0) is 66.2 Å². The summed E-state index contributed by atoms with van der Waals surface area (Å²) in [5, 5.41) is 3.27. The van der Waals surface area contributed by atoms with E-state index in [1.54, 1.807) is 62.9 Å². The summed E-state index contributed by atoms with van der Waals surface area (Å²) in [6, 6.07) is 26.0. The first-order valence-electron chi connectivity index (χ1n) is 15.3. The normalized spacial score (nSPS) is 10.9. The average molecular weight is 679 g/mol. The van der Waals surface area contributed by atoms with E-state index in [0.717, 1.165) is 28.5 Å². The highest BCUT2D eigenvalue weighted by molar-refractivity contribution is 5.88. The highest BCUT2D eigenvalue weighted by atomic mass is 19.1. The molecule has 6 aromatic rings. The van der Waals surface area contributed by atoms with E-state index in [0.29, 0.717) is 46.2 Å². The number of hydrogen-bond acceptors (Lipinski definition) is 9. The number of aromatic nitrogens is 3. The number of benzene rings is 4. The zero-order valence-electron chi connectivity index (χ0n) is 27.0. The van der Waals surface area contributed by atoms with E-state index in [-0.39, 0.29) is 18.8 Å². The standard InChI is InChI=1S/C37H31FN4O8/c1-46-32-20-29-30(21-33(32)47-2)39-17-16-31(29)49-28-14-10-26(11-15-28)40-36(44)50-34-22-41(18-19-48-23-24-6-4-3-5-7-24)37(45)42(35(34)43)27-12-8-25(38)9-13-27/h3-17,20-22H,18-19,23H2,1-2H3,(H,40,44). The number of rotatable bonds is 12. The molecule has 0 atom stereocenters. The molecule has 1 N–H and O–H groups in total. The van der Waals surface area contributed by atoms with E-state index >= 15 is 0 Å². The summed E-state index contributed by atoms with van der Waals surface area (Å²) in [5.74, 6) is 1.07. The fourth-order valence-corrected chi connectivity index (χ4v) is 5.07. The second-order valence-electron chi connectivity index (χ2n) is 10.8. The molecule has 0 unspecified atom stereocenters. The zero-order valence-corrected chi connectivity index (χ0v) is 27.0. The van der Waals surface area contributed by atoms with Crippen molar-refractivity contribution in [3.05, 3.63) is 142 Å². The molecule has 0 aliphatic heterocycles. The van der Waals surface area contributed by atoms with Crippen molar-refractivity contribution in [1.29, 1.82) is 0 Å². The second kappa shape index (κ2) is 15.2. The number of pyridine rings is 1. The molecule has 0 bridgehead atoms. The molecular formula is C37H31FN4O8. The van der Waals surface area contributed by atoms with Gasteiger partial charge in [0.25, 0.3) is 0 Å². The van der Waals surface area contributed by atoms with E-state index in [2.05, 4.69) is 10.3 Å². The minimum atomic E-state index is -0.979. The molecule has 0 fully saturated rings. The van der Waals surface area contributed by atoms with Gasteiger partial charge in [-0.25, -0.2) is 18.5 Å². The van der Waals surface area contributed by atoms with Crippen molar-refractivity contribution in [3.63, 3.8) is 0 Å². The van der Waals surface area contributed by atoms with Gasteiger partial charge in [0.1, 0.15) is 17.3 Å². The van der Waals surface area contributed by atoms with Crippen LogP contribution in [0.4, 0.5) is 14.9 Å². The second-order valence-corrected chi connectivity index (χ2v) is 10.8. The average Bonchev–Trinajstić information content (AvgIpc) is 3.13. The number of ether oxygens (including phenoxy) is 5. The summed E-state index contributed by atoms with van der Waals surface area (Å²) >= 11 is 0. The minimum Gasteiger partial charge on any atom is -0.493 e. The first-order chi connectivity index (χ1) is 24.3. The topological polar surface area (TPSA) is 132 Å². The molecule has 2 aromatic heterocycles. The van der Waals surface area contributed by atoms with Crippen molar-refractivity contribution in [1.82, 2.24) is 14.1 Å². The molecule has 0 saturated heterocycles. The molecule has 1 amide bonds. The molecule has 0 aliphatic rings. The minimum absolute atomic E-state index is 0.0413. The van der Waals surface area contributed by atoms with Crippen LogP contribution in [0.1, 0.15) is 5.56 Å². The number of anilines is 1. The molecule has 6 rings (SSSR count). The van der Waals surface area contributed by atoms with Crippen LogP contribution in [0, 0.1) is 5.82 Å². The third-order valence-corrected chi connectivity index (χ3v) is 7.53. The summed E-state index contributed by atoms with van der Waals surface area (Å²) in [6.07, 6.45) is 1.78. The molecule has 12 nitrogen and oxygen atoms in total. The van der Waals surface area contributed by atoms with Crippen LogP contribution in [-0.4, -0.2) is 41.0 Å². The number of nitrogens with zero attached hydrogens (tertiary/aromatic N) is 3. The first-order valence-corrected chi connectivity index (χ1v) is 15.3. The maximum absolute atomic E-state index is 13.7. The van der Waals surface area contributed by atoms with Crippen molar-refractivity contribution in [3.8, 4) is 34.4 Å². The van der Waals surface area contributed by atoms with Gasteiger partial charge in [0.05, 0.1) is 51.4 Å². The SMILES string of the molecule is COc1cc2nccc(Oc3ccc(NC(=O)Oc4cn(CCOCc5ccccc5)c(=O)n(-c5ccc(F)cc5)c4=O)cc3)c2cc1OC. The Kier molecular flexibility index (Phi) is 10.1. The van der Waals surface area contributed by atoms with Gasteiger partial charge >= 0.3 is 17.3 Å². The predicted molar refractivity (Wildman–Crippen MR) is 183 cm³/mol. The van der Waals surface area contributed by atoms with Crippen LogP contribution in [0.2, 0.25) is 0 Å². The Morgan fingerprint density at radius 2 is 1.56 bits per heavy atom. The van der Waals surface area contributed by atoms with Crippen LogP contribution in [0.3, 0.4) is 0 Å². The van der Waals surface area contributed by atoms with Gasteiger partial charge in [-0.2, -0.15) is 0 Å². The highest BCUT2D eigenvalue weighted by Crippen LogP contribution is 2.37. The zero-order chi connectivity index (χ0) is 35.0. The molecule has 4 aromatic carbocycles. The lowest BCUT2D eigenvalue weighted by molar-refractivity contribution is 0.112. The first kappa shape index (κ1) is 33.4. The molecule has 254 valence electrons. The number of nitrogens with one attached hydrogen (secondary N) is 1. The Bertz CT molecular complexity index is 2240. The lowest BCUT2D eigenvalue weighted by Crippen LogP contribution is -2.40. The van der Waals surface area contributed by atoms with Crippen molar-refractivity contribution >= 4 is 22.7 Å². The third-order valence-electron chi connectivity index (χ3n) is 7.53. The molecule has 0 radical (unpaired) electrons. The Hall–Kier alpha value is -6.47. The number of methoxy groups -OCH3 is 2. The molecule has 2 heterocycles. The quantitative estimate of drug-likeness (QED) is 0.148. The van der Waals surface area contributed by atoms with Gasteiger partial charge in [0, 0.05) is 23.3 Å². The largest absolute Gasteiger partial charge is 0.493 e. The smallest absolute Gasteiger partial charge is 0.417 e. The monoisotopic (exact) mass is 678 g/mol. The maximum Gasteiger partial charge on any atom is 0.417 e. The predicted octanol–water partition coefficient (Wildman–Crippen LogP) is 6.32. The van der Waals surface area contributed by atoms with Gasteiger partial charge in [0.2, 0.25) is 5.75 Å². The van der Waals surface area contributed by atoms with Crippen LogP contribution >= 0.6 is 0 Å². The lowest BCUT2D eigenvalue weighted by Gasteiger charge is -2.14. The van der Waals surface area contributed by atoms with Crippen molar-refractivity contribution < 1.29 is 32.9 Å². The fraction of sp³-hybridized carbons (Fsp3) is 0.135. The van der Waals surface area contributed by atoms with Crippen LogP contribution in [0.5, 0.6) is 28.7 Å². The summed E-state index contributed by atoms with van der Waals surface area (Å²) < 4.78 is 43.7. The lowest BCUT2D eigenvalue weighted by atomic mass is 10.2. The molecule has 0 saturated carbocycles. The van der Waals surface area contributed by atoms with E-state index in [4.69, 9.17) is 23.7 Å². The summed E-state index contributed by atoms with van der Waals surface area (Å²) in [6.45, 7) is 0.471. The third kappa shape index (κ3) is 7.63. The van der Waals surface area contributed by atoms with E-state index < -0.39 is 28.9 Å². The van der Waals surface area contributed by atoms with Gasteiger partial charge in [0.15, 0.2) is 11.5 Å². The van der Waals surface area contributed by atoms with Gasteiger partial charge in [-0.15, -0.1) is 0 Å². The number of amides is 1. The van der Waals surface area contributed by atoms with Crippen molar-refractivity contribution in [2.75, 3.05) is 26.1 Å².